The molecule has 3 rings (SSSR count). The molecule has 1 atom stereocenters. The van der Waals surface area contributed by atoms with Crippen LogP contribution in [0.1, 0.15) is 71.4 Å². The zero-order valence-corrected chi connectivity index (χ0v) is 19.9. The Balaban J connectivity index is 1.87. The van der Waals surface area contributed by atoms with Gasteiger partial charge in [0, 0.05) is 5.56 Å². The highest BCUT2D eigenvalue weighted by Crippen LogP contribution is 2.36. The van der Waals surface area contributed by atoms with Crippen LogP contribution in [0.3, 0.4) is 0 Å². The zero-order chi connectivity index (χ0) is 23.3. The third kappa shape index (κ3) is 5.67. The van der Waals surface area contributed by atoms with E-state index in [0.29, 0.717) is 18.2 Å². The van der Waals surface area contributed by atoms with Gasteiger partial charge in [0.2, 0.25) is 0 Å². The van der Waals surface area contributed by atoms with E-state index in [2.05, 4.69) is 24.0 Å². The number of fused-ring (bicyclic) bond motifs is 1. The number of aromatic nitrogens is 3. The van der Waals surface area contributed by atoms with Crippen LogP contribution in [0.4, 0.5) is 0 Å². The lowest BCUT2D eigenvalue weighted by Crippen LogP contribution is -2.17. The van der Waals surface area contributed by atoms with Crippen molar-refractivity contribution in [3.8, 4) is 11.4 Å². The minimum Gasteiger partial charge on any atom is -0.505 e. The lowest BCUT2D eigenvalue weighted by atomic mass is 9.84. The molecule has 32 heavy (non-hydrogen) atoms. The predicted octanol–water partition coefficient (Wildman–Crippen LogP) is 5.73. The van der Waals surface area contributed by atoms with Crippen molar-refractivity contribution in [2.75, 3.05) is 6.61 Å². The van der Waals surface area contributed by atoms with Crippen LogP contribution < -0.4 is 0 Å². The molecule has 0 bridgehead atoms. The number of nitrogens with zero attached hydrogens (tertiary/aromatic N) is 3. The van der Waals surface area contributed by atoms with Crippen LogP contribution in [0, 0.1) is 5.92 Å². The van der Waals surface area contributed by atoms with Gasteiger partial charge in [0.25, 0.3) is 0 Å². The van der Waals surface area contributed by atoms with Gasteiger partial charge in [0.1, 0.15) is 22.5 Å². The van der Waals surface area contributed by atoms with Crippen LogP contribution in [-0.4, -0.2) is 32.7 Å². The lowest BCUT2D eigenvalue weighted by Gasteiger charge is -2.23. The van der Waals surface area contributed by atoms with Gasteiger partial charge >= 0.3 is 5.97 Å². The molecule has 0 amide bonds. The second-order valence-corrected chi connectivity index (χ2v) is 9.52. The van der Waals surface area contributed by atoms with Gasteiger partial charge in [-0.15, -0.1) is 15.0 Å². The summed E-state index contributed by atoms with van der Waals surface area (Å²) in [6.07, 6.45) is 4.52. The first-order valence-electron chi connectivity index (χ1n) is 11.6. The SMILES string of the molecule is CCCCC(CC)COC(=O)Cc1cc(-n2nc3ccccc3n2)c(O)c(C(C)(C)C)c1. The van der Waals surface area contributed by atoms with E-state index in [4.69, 9.17) is 4.74 Å². The van der Waals surface area contributed by atoms with Crippen molar-refractivity contribution in [3.05, 3.63) is 47.5 Å². The number of phenolic OH excluding ortho intramolecular Hbond substituents is 1. The number of benzene rings is 2. The first kappa shape index (κ1) is 23.8. The number of ether oxygens (including phenoxy) is 1. The van der Waals surface area contributed by atoms with Gasteiger partial charge in [0.05, 0.1) is 13.0 Å². The number of aromatic hydroxyl groups is 1. The summed E-state index contributed by atoms with van der Waals surface area (Å²) in [4.78, 5) is 14.1. The fourth-order valence-corrected chi connectivity index (χ4v) is 3.80. The molecule has 1 N–H and O–H groups in total. The number of phenols is 1. The van der Waals surface area contributed by atoms with Gasteiger partial charge in [-0.2, -0.15) is 0 Å². The van der Waals surface area contributed by atoms with E-state index in [-0.39, 0.29) is 23.6 Å². The number of hydrogen-bond donors (Lipinski definition) is 1. The molecule has 1 aromatic heterocycles. The van der Waals surface area contributed by atoms with Gasteiger partial charge in [-0.05, 0) is 41.5 Å². The smallest absolute Gasteiger partial charge is 0.310 e. The molecule has 2 aromatic carbocycles. The second kappa shape index (κ2) is 10.2. The Hall–Kier alpha value is -2.89. The third-order valence-electron chi connectivity index (χ3n) is 5.83. The molecular formula is C26H35N3O3. The van der Waals surface area contributed by atoms with E-state index in [1.54, 1.807) is 6.07 Å². The molecule has 172 valence electrons. The second-order valence-electron chi connectivity index (χ2n) is 9.52. The maximum Gasteiger partial charge on any atom is 0.310 e. The molecule has 0 saturated heterocycles. The van der Waals surface area contributed by atoms with E-state index >= 15 is 0 Å². The van der Waals surface area contributed by atoms with Gasteiger partial charge in [0.15, 0.2) is 0 Å². The average Bonchev–Trinajstić information content (AvgIpc) is 3.18. The van der Waals surface area contributed by atoms with Crippen molar-refractivity contribution in [1.82, 2.24) is 15.0 Å². The van der Waals surface area contributed by atoms with E-state index in [1.807, 2.05) is 51.1 Å². The highest BCUT2D eigenvalue weighted by atomic mass is 16.5. The van der Waals surface area contributed by atoms with Gasteiger partial charge < -0.3 is 9.84 Å². The van der Waals surface area contributed by atoms with Crippen molar-refractivity contribution >= 4 is 17.0 Å². The van der Waals surface area contributed by atoms with Crippen LogP contribution in [0.15, 0.2) is 36.4 Å². The standard InChI is InChI=1S/C26H35N3O3/c1-6-8-11-18(7-2)17-32-24(30)16-19-14-20(26(3,4)5)25(31)23(15-19)29-27-21-12-9-10-13-22(21)28-29/h9-10,12-15,18,31H,6-8,11,16-17H2,1-5H3. The number of unbranched alkanes of at least 4 members (excludes halogenated alkanes) is 1. The molecule has 1 unspecified atom stereocenters. The number of carbonyl (C=O) groups excluding carboxylic acids is 1. The van der Waals surface area contributed by atoms with Crippen molar-refractivity contribution < 1.29 is 14.6 Å². The quantitative estimate of drug-likeness (QED) is 0.433. The van der Waals surface area contributed by atoms with Crippen molar-refractivity contribution in [2.24, 2.45) is 5.92 Å². The Bertz CT molecular complexity index is 1030. The number of carbonyl (C=O) groups is 1. The Morgan fingerprint density at radius 3 is 2.34 bits per heavy atom. The Labute approximate surface area is 190 Å². The number of hydrogen-bond acceptors (Lipinski definition) is 5. The minimum atomic E-state index is -0.321. The van der Waals surface area contributed by atoms with E-state index in [1.165, 1.54) is 4.80 Å². The molecule has 1 heterocycles. The first-order chi connectivity index (χ1) is 15.2. The minimum absolute atomic E-state index is 0.125. The number of esters is 1. The number of rotatable bonds is 9. The average molecular weight is 438 g/mol. The van der Waals surface area contributed by atoms with Gasteiger partial charge in [-0.1, -0.05) is 72.1 Å². The lowest BCUT2D eigenvalue weighted by molar-refractivity contribution is -0.144. The molecule has 0 saturated carbocycles. The molecule has 3 aromatic rings. The van der Waals surface area contributed by atoms with E-state index in [0.717, 1.165) is 47.8 Å². The summed E-state index contributed by atoms with van der Waals surface area (Å²) in [5.74, 6) is 0.274. The zero-order valence-electron chi connectivity index (χ0n) is 19.9. The van der Waals surface area contributed by atoms with Crippen molar-refractivity contribution in [1.29, 1.82) is 0 Å². The molecule has 0 radical (unpaired) electrons. The summed E-state index contributed by atoms with van der Waals surface area (Å²) in [7, 11) is 0. The largest absolute Gasteiger partial charge is 0.505 e. The van der Waals surface area contributed by atoms with Crippen LogP contribution >= 0.6 is 0 Å². The molecule has 0 spiro atoms. The summed E-state index contributed by atoms with van der Waals surface area (Å²) < 4.78 is 5.61. The van der Waals surface area contributed by atoms with Crippen molar-refractivity contribution in [3.63, 3.8) is 0 Å². The molecule has 0 fully saturated rings. The van der Waals surface area contributed by atoms with Crippen LogP contribution in [0.2, 0.25) is 0 Å². The summed E-state index contributed by atoms with van der Waals surface area (Å²) >= 11 is 0. The Morgan fingerprint density at radius 1 is 1.12 bits per heavy atom. The van der Waals surface area contributed by atoms with Crippen LogP contribution in [0.25, 0.3) is 16.7 Å². The molecule has 0 aliphatic rings. The maximum absolute atomic E-state index is 12.6. The maximum atomic E-state index is 12.6. The monoisotopic (exact) mass is 437 g/mol. The van der Waals surface area contributed by atoms with E-state index in [9.17, 15) is 9.90 Å². The van der Waals surface area contributed by atoms with Crippen LogP contribution in [-0.2, 0) is 21.4 Å². The highest BCUT2D eigenvalue weighted by molar-refractivity contribution is 5.75. The Kier molecular flexibility index (Phi) is 7.54. The summed E-state index contributed by atoms with van der Waals surface area (Å²) in [5.41, 5.74) is 3.15. The molecule has 6 nitrogen and oxygen atoms in total. The Morgan fingerprint density at radius 2 is 1.78 bits per heavy atom. The van der Waals surface area contributed by atoms with Crippen molar-refractivity contribution in [2.45, 2.75) is 72.1 Å². The predicted molar refractivity (Wildman–Crippen MR) is 127 cm³/mol. The topological polar surface area (TPSA) is 77.2 Å². The van der Waals surface area contributed by atoms with Gasteiger partial charge in [-0.3, -0.25) is 4.79 Å². The molecule has 0 aliphatic heterocycles. The normalized spacial score (nSPS) is 12.8. The highest BCUT2D eigenvalue weighted by Gasteiger charge is 2.24. The van der Waals surface area contributed by atoms with Gasteiger partial charge in [-0.25, -0.2) is 0 Å². The summed E-state index contributed by atoms with van der Waals surface area (Å²) in [6.45, 7) is 10.8. The fraction of sp³-hybridized carbons (Fsp3) is 0.500. The summed E-state index contributed by atoms with van der Waals surface area (Å²) in [5, 5.41) is 20.1. The molecule has 6 heteroatoms. The van der Waals surface area contributed by atoms with E-state index < -0.39 is 0 Å². The third-order valence-corrected chi connectivity index (χ3v) is 5.83. The molecular weight excluding hydrogens is 402 g/mol. The van der Waals surface area contributed by atoms with Crippen LogP contribution in [0.5, 0.6) is 5.75 Å². The first-order valence-corrected chi connectivity index (χ1v) is 11.6. The molecule has 0 aliphatic carbocycles. The summed E-state index contributed by atoms with van der Waals surface area (Å²) in [6, 6.07) is 11.2. The fourth-order valence-electron chi connectivity index (χ4n) is 3.80.